The molecule has 0 saturated carbocycles. The third kappa shape index (κ3) is 3.24. The molecule has 4 heteroatoms. The van der Waals surface area contributed by atoms with Gasteiger partial charge in [-0.3, -0.25) is 0 Å². The maximum Gasteiger partial charge on any atom is -0.147 e. The van der Waals surface area contributed by atoms with Gasteiger partial charge in [0, 0.05) is 0 Å². The van der Waals surface area contributed by atoms with Crippen LogP contribution < -0.4 is 0 Å². The van der Waals surface area contributed by atoms with Gasteiger partial charge in [0.1, 0.15) is 0 Å². The van der Waals surface area contributed by atoms with Crippen LogP contribution in [0.25, 0.3) is 0 Å². The second kappa shape index (κ2) is 8.46. The molecule has 0 heterocycles. The molecule has 2 atom stereocenters. The van der Waals surface area contributed by atoms with E-state index in [2.05, 4.69) is 76.9 Å². The summed E-state index contributed by atoms with van der Waals surface area (Å²) in [5, 5.41) is 0. The van der Waals surface area contributed by atoms with Crippen LogP contribution in [-0.4, -0.2) is 7.63 Å². The van der Waals surface area contributed by atoms with Crippen LogP contribution in [0.3, 0.4) is 0 Å². The normalized spacial score (nSPS) is 24.4. The minimum absolute atomic E-state index is 0. The molecule has 0 nitrogen and oxygen atoms in total. The van der Waals surface area contributed by atoms with Crippen LogP contribution in [0.15, 0.2) is 41.2 Å². The number of hydrogen-bond acceptors (Lipinski definition) is 0. The summed E-state index contributed by atoms with van der Waals surface area (Å²) < 4.78 is 6.55. The van der Waals surface area contributed by atoms with Crippen LogP contribution in [0.2, 0.25) is 9.45 Å². The van der Waals surface area contributed by atoms with E-state index in [9.17, 15) is 0 Å². The molecule has 0 bridgehead atoms. The maximum atomic E-state index is 2.50. The average Bonchev–Trinajstić information content (AvgIpc) is 2.88. The van der Waals surface area contributed by atoms with Crippen LogP contribution in [0.5, 0.6) is 0 Å². The molecule has 2 aliphatic rings. The molecule has 26 heavy (non-hydrogen) atoms. The Hall–Kier alpha value is 0.471. The number of halogens is 2. The van der Waals surface area contributed by atoms with E-state index in [0.29, 0.717) is 11.8 Å². The van der Waals surface area contributed by atoms with Gasteiger partial charge in [-0.1, -0.05) is 0 Å². The Morgan fingerprint density at radius 2 is 0.923 bits per heavy atom. The minimum atomic E-state index is -2.97. The first kappa shape index (κ1) is 26.5. The van der Waals surface area contributed by atoms with Crippen molar-refractivity contribution in [3.8, 4) is 0 Å². The van der Waals surface area contributed by atoms with Gasteiger partial charge in [0.05, 0.1) is 0 Å². The summed E-state index contributed by atoms with van der Waals surface area (Å²) in [4.78, 5) is 0. The van der Waals surface area contributed by atoms with Gasteiger partial charge in [0.2, 0.25) is 0 Å². The molecular weight excluding hydrogens is 411 g/mol. The molecule has 0 spiro atoms. The predicted octanol–water partition coefficient (Wildman–Crippen LogP) is 7.46. The number of rotatable bonds is 4. The molecule has 0 N–H and O–H groups in total. The van der Waals surface area contributed by atoms with Crippen molar-refractivity contribution in [1.82, 2.24) is 0 Å². The quantitative estimate of drug-likeness (QED) is 0.389. The molecule has 0 fully saturated rings. The zero-order chi connectivity index (χ0) is 18.6. The van der Waals surface area contributed by atoms with Crippen molar-refractivity contribution < 1.29 is 14.0 Å². The Bertz CT molecular complexity index is 727. The largest absolute Gasteiger partial charge is 0.147 e. The van der Waals surface area contributed by atoms with Gasteiger partial charge in [0.15, 0.2) is 0 Å². The van der Waals surface area contributed by atoms with Crippen molar-refractivity contribution >= 4 is 32.4 Å². The fourth-order valence-electron chi connectivity index (χ4n) is 6.00. The molecule has 0 amide bonds. The molecule has 0 aromatic heterocycles. The Balaban J connectivity index is 0.00000312. The summed E-state index contributed by atoms with van der Waals surface area (Å²) in [7, 11) is 2.49. The SMILES string of the molecule is C[CH2][Ti](=[SiH2])([CH2]C)([C]1=C(C)C(C)=C(C)C1C)[C]1=C(C)C(C)=C(C)C1C.Cl.Cl. The van der Waals surface area contributed by atoms with Gasteiger partial charge in [0.25, 0.3) is 0 Å². The Labute approximate surface area is 177 Å². The summed E-state index contributed by atoms with van der Waals surface area (Å²) in [5.41, 5.74) is 9.68. The van der Waals surface area contributed by atoms with Crippen molar-refractivity contribution in [1.29, 1.82) is 0 Å². The molecule has 2 aliphatic carbocycles. The van der Waals surface area contributed by atoms with E-state index in [0.717, 1.165) is 0 Å². The van der Waals surface area contributed by atoms with Crippen molar-refractivity contribution in [2.45, 2.75) is 78.7 Å². The molecule has 0 aromatic rings. The first-order valence-corrected chi connectivity index (χ1v) is 17.6. The standard InChI is InChI=1S/2C9H13.2C2H5.2ClH.H2Si.Ti/c2*1-6-5-7(2)9(4)8(6)3;2*1-2;;;;/h2*6H,1-4H3;2*1H2,2H3;2*1H;1H2;. The van der Waals surface area contributed by atoms with Crippen LogP contribution >= 0.6 is 24.8 Å². The average molecular weight is 451 g/mol. The van der Waals surface area contributed by atoms with E-state index in [1.54, 1.807) is 33.4 Å². The Morgan fingerprint density at radius 1 is 0.654 bits per heavy atom. The second-order valence-electron chi connectivity index (χ2n) is 8.78. The van der Waals surface area contributed by atoms with Gasteiger partial charge in [-0.05, 0) is 0 Å². The van der Waals surface area contributed by atoms with Crippen LogP contribution in [-0.2, 0) is 14.0 Å². The molecule has 2 rings (SSSR count). The summed E-state index contributed by atoms with van der Waals surface area (Å²) >= 11 is -2.97. The summed E-state index contributed by atoms with van der Waals surface area (Å²) in [6.45, 7) is 24.3. The first-order chi connectivity index (χ1) is 11.0. The summed E-state index contributed by atoms with van der Waals surface area (Å²) in [6.07, 6.45) is 0. The molecule has 2 unspecified atom stereocenters. The summed E-state index contributed by atoms with van der Waals surface area (Å²) in [6, 6.07) is 0. The Kier molecular flexibility index (Phi) is 8.61. The van der Waals surface area contributed by atoms with Crippen LogP contribution in [0.1, 0.15) is 69.2 Å². The monoisotopic (exact) mass is 450 g/mol. The van der Waals surface area contributed by atoms with Crippen molar-refractivity contribution in [3.63, 3.8) is 0 Å². The third-order valence-corrected chi connectivity index (χ3v) is 27.9. The second-order valence-corrected chi connectivity index (χ2v) is 25.8. The molecule has 0 saturated heterocycles. The minimum Gasteiger partial charge on any atom is -0.147 e. The van der Waals surface area contributed by atoms with E-state index in [-0.39, 0.29) is 24.8 Å². The zero-order valence-electron chi connectivity index (χ0n) is 18.6. The molecule has 0 aliphatic heterocycles. The van der Waals surface area contributed by atoms with E-state index in [1.165, 1.54) is 9.45 Å². The van der Waals surface area contributed by atoms with Gasteiger partial charge >= 0.3 is 153 Å². The van der Waals surface area contributed by atoms with Gasteiger partial charge in [-0.15, -0.1) is 24.8 Å². The fraction of sp³-hybridized carbons (Fsp3) is 0.636. The summed E-state index contributed by atoms with van der Waals surface area (Å²) in [5.74, 6) is 1.29. The van der Waals surface area contributed by atoms with E-state index < -0.39 is 14.0 Å². The van der Waals surface area contributed by atoms with Crippen molar-refractivity contribution in [2.24, 2.45) is 11.8 Å². The van der Waals surface area contributed by atoms with E-state index in [1.807, 2.05) is 7.76 Å². The number of hydrogen-bond donors (Lipinski definition) is 0. The van der Waals surface area contributed by atoms with Gasteiger partial charge in [-0.2, -0.15) is 0 Å². The van der Waals surface area contributed by atoms with E-state index in [4.69, 9.17) is 0 Å². The first-order valence-electron chi connectivity index (χ1n) is 9.78. The van der Waals surface area contributed by atoms with Gasteiger partial charge in [-0.25, -0.2) is 0 Å². The van der Waals surface area contributed by atoms with Gasteiger partial charge < -0.3 is 0 Å². The molecular formula is C22H40Cl2SiTi. The van der Waals surface area contributed by atoms with E-state index >= 15 is 0 Å². The molecule has 150 valence electrons. The van der Waals surface area contributed by atoms with Crippen LogP contribution in [0, 0.1) is 11.8 Å². The smallest absolute Gasteiger partial charge is 0.147 e. The third-order valence-electron chi connectivity index (χ3n) is 8.40. The van der Waals surface area contributed by atoms with Crippen molar-refractivity contribution in [3.05, 3.63) is 41.2 Å². The molecule has 0 radical (unpaired) electrons. The van der Waals surface area contributed by atoms with Crippen molar-refractivity contribution in [2.75, 3.05) is 0 Å². The zero-order valence-corrected chi connectivity index (χ0v) is 23.2. The predicted molar refractivity (Wildman–Crippen MR) is 124 cm³/mol. The van der Waals surface area contributed by atoms with Crippen LogP contribution in [0.4, 0.5) is 0 Å². The maximum absolute atomic E-state index is 2.97. The molecule has 0 aromatic carbocycles. The topological polar surface area (TPSA) is 0 Å². The number of allylic oxidation sites excluding steroid dienone is 8. The fourth-order valence-corrected chi connectivity index (χ4v) is 22.2. The Morgan fingerprint density at radius 3 is 1.08 bits per heavy atom.